The number of nitrogens with zero attached hydrogens (tertiary/aromatic N) is 1. The van der Waals surface area contributed by atoms with Crippen LogP contribution in [0.2, 0.25) is 0 Å². The van der Waals surface area contributed by atoms with E-state index in [2.05, 4.69) is 10.6 Å². The van der Waals surface area contributed by atoms with E-state index in [0.29, 0.717) is 37.9 Å². The quantitative estimate of drug-likeness (QED) is 0.599. The molecular weight excluding hydrogens is 442 g/mol. The Labute approximate surface area is 208 Å². The Morgan fingerprint density at radius 3 is 2.43 bits per heavy atom. The fourth-order valence-electron chi connectivity index (χ4n) is 4.12. The van der Waals surface area contributed by atoms with E-state index in [9.17, 15) is 14.4 Å². The molecule has 7 nitrogen and oxygen atoms in total. The first kappa shape index (κ1) is 26.3. The van der Waals surface area contributed by atoms with E-state index in [-0.39, 0.29) is 11.8 Å². The molecule has 0 aliphatic carbocycles. The van der Waals surface area contributed by atoms with Gasteiger partial charge in [0.15, 0.2) is 0 Å². The Morgan fingerprint density at radius 1 is 1.06 bits per heavy atom. The number of carbonyl (C=O) groups is 3. The Hall–Kier alpha value is -3.35. The highest BCUT2D eigenvalue weighted by Crippen LogP contribution is 2.22. The lowest BCUT2D eigenvalue weighted by Gasteiger charge is -2.29. The molecule has 0 radical (unpaired) electrons. The summed E-state index contributed by atoms with van der Waals surface area (Å²) in [6.45, 7) is 9.86. The first-order chi connectivity index (χ1) is 16.5. The molecule has 3 amide bonds. The van der Waals surface area contributed by atoms with Crippen LogP contribution in [-0.4, -0.2) is 47.0 Å². The maximum Gasteiger partial charge on any atom is 0.410 e. The minimum atomic E-state index is -0.745. The SMILES string of the molecule is Cc1ccc(NC(=O)[C@@H](CCc2ccccc2)NC(=O)[C@@H]2CCCN2C(=O)OC(C)(C)C)cc1C. The molecule has 1 heterocycles. The second-order valence-electron chi connectivity index (χ2n) is 10.2. The highest BCUT2D eigenvalue weighted by atomic mass is 16.6. The first-order valence-electron chi connectivity index (χ1n) is 12.3. The fraction of sp³-hybridized carbons (Fsp3) is 0.464. The summed E-state index contributed by atoms with van der Waals surface area (Å²) in [6.07, 6.45) is 1.81. The van der Waals surface area contributed by atoms with Gasteiger partial charge in [-0.15, -0.1) is 0 Å². The van der Waals surface area contributed by atoms with Crippen molar-refractivity contribution in [2.45, 2.75) is 78.0 Å². The van der Waals surface area contributed by atoms with Crippen LogP contribution in [0.4, 0.5) is 10.5 Å². The number of anilines is 1. The second-order valence-corrected chi connectivity index (χ2v) is 10.2. The van der Waals surface area contributed by atoms with Crippen LogP contribution < -0.4 is 10.6 Å². The molecule has 0 bridgehead atoms. The van der Waals surface area contributed by atoms with Gasteiger partial charge in [0.25, 0.3) is 0 Å². The van der Waals surface area contributed by atoms with Gasteiger partial charge in [-0.05, 0) is 89.1 Å². The predicted molar refractivity (Wildman–Crippen MR) is 137 cm³/mol. The molecule has 1 saturated heterocycles. The van der Waals surface area contributed by atoms with Crippen LogP contribution in [0.25, 0.3) is 0 Å². The third kappa shape index (κ3) is 7.57. The van der Waals surface area contributed by atoms with Crippen LogP contribution in [0.15, 0.2) is 48.5 Å². The average molecular weight is 480 g/mol. The highest BCUT2D eigenvalue weighted by molar-refractivity contribution is 5.98. The molecule has 2 N–H and O–H groups in total. The number of ether oxygens (including phenoxy) is 1. The van der Waals surface area contributed by atoms with Crippen molar-refractivity contribution < 1.29 is 19.1 Å². The van der Waals surface area contributed by atoms with E-state index >= 15 is 0 Å². The van der Waals surface area contributed by atoms with E-state index in [0.717, 1.165) is 16.7 Å². The third-order valence-corrected chi connectivity index (χ3v) is 6.16. The van der Waals surface area contributed by atoms with Crippen molar-refractivity contribution in [3.8, 4) is 0 Å². The molecule has 0 aromatic heterocycles. The lowest BCUT2D eigenvalue weighted by Crippen LogP contribution is -2.52. The smallest absolute Gasteiger partial charge is 0.410 e. The number of rotatable bonds is 7. The summed E-state index contributed by atoms with van der Waals surface area (Å²) < 4.78 is 5.49. The van der Waals surface area contributed by atoms with Gasteiger partial charge in [0.1, 0.15) is 17.7 Å². The molecule has 0 saturated carbocycles. The molecule has 1 fully saturated rings. The van der Waals surface area contributed by atoms with Crippen LogP contribution >= 0.6 is 0 Å². The molecule has 3 rings (SSSR count). The third-order valence-electron chi connectivity index (χ3n) is 6.16. The van der Waals surface area contributed by atoms with E-state index < -0.39 is 23.8 Å². The van der Waals surface area contributed by atoms with Gasteiger partial charge < -0.3 is 15.4 Å². The summed E-state index contributed by atoms with van der Waals surface area (Å²) in [6, 6.07) is 14.2. The molecule has 188 valence electrons. The van der Waals surface area contributed by atoms with Crippen molar-refractivity contribution in [3.63, 3.8) is 0 Å². The molecule has 1 aliphatic heterocycles. The maximum atomic E-state index is 13.3. The van der Waals surface area contributed by atoms with Crippen LogP contribution in [0.3, 0.4) is 0 Å². The number of hydrogen-bond acceptors (Lipinski definition) is 4. The lowest BCUT2D eigenvalue weighted by atomic mass is 10.0. The zero-order chi connectivity index (χ0) is 25.6. The van der Waals surface area contributed by atoms with Crippen molar-refractivity contribution in [1.82, 2.24) is 10.2 Å². The molecule has 0 spiro atoms. The van der Waals surface area contributed by atoms with Gasteiger partial charge in [0, 0.05) is 12.2 Å². The normalized spacial score (nSPS) is 16.5. The van der Waals surface area contributed by atoms with Gasteiger partial charge in [-0.25, -0.2) is 4.79 Å². The van der Waals surface area contributed by atoms with Crippen molar-refractivity contribution in [1.29, 1.82) is 0 Å². The number of hydrogen-bond donors (Lipinski definition) is 2. The standard InChI is InChI=1S/C28H37N3O4/c1-19-13-15-22(18-20(19)2)29-25(32)23(16-14-21-10-7-6-8-11-21)30-26(33)24-12-9-17-31(24)27(34)35-28(3,4)5/h6-8,10-11,13,15,18,23-24H,9,12,14,16-17H2,1-5H3,(H,29,32)(H,30,33)/t23-,24+/m1/s1. The summed E-state index contributed by atoms with van der Waals surface area (Å²) in [7, 11) is 0. The van der Waals surface area contributed by atoms with E-state index in [4.69, 9.17) is 4.74 Å². The fourth-order valence-corrected chi connectivity index (χ4v) is 4.12. The zero-order valence-corrected chi connectivity index (χ0v) is 21.4. The second kappa shape index (κ2) is 11.4. The minimum Gasteiger partial charge on any atom is -0.444 e. The molecule has 7 heteroatoms. The monoisotopic (exact) mass is 479 g/mol. The summed E-state index contributed by atoms with van der Waals surface area (Å²) in [5, 5.41) is 5.87. The molecule has 2 aromatic carbocycles. The molecule has 1 aliphatic rings. The maximum absolute atomic E-state index is 13.3. The summed E-state index contributed by atoms with van der Waals surface area (Å²) >= 11 is 0. The number of benzene rings is 2. The number of aryl methyl sites for hydroxylation is 3. The number of nitrogens with one attached hydrogen (secondary N) is 2. The van der Waals surface area contributed by atoms with Crippen LogP contribution in [-0.2, 0) is 20.7 Å². The molecular formula is C28H37N3O4. The van der Waals surface area contributed by atoms with Gasteiger partial charge in [-0.2, -0.15) is 0 Å². The summed E-state index contributed by atoms with van der Waals surface area (Å²) in [5.74, 6) is -0.610. The molecule has 2 aromatic rings. The zero-order valence-electron chi connectivity index (χ0n) is 21.4. The van der Waals surface area contributed by atoms with Gasteiger partial charge >= 0.3 is 6.09 Å². The van der Waals surface area contributed by atoms with Crippen LogP contribution in [0.5, 0.6) is 0 Å². The van der Waals surface area contributed by atoms with Crippen molar-refractivity contribution in [2.75, 3.05) is 11.9 Å². The number of amides is 3. The average Bonchev–Trinajstić information content (AvgIpc) is 3.29. The van der Waals surface area contributed by atoms with Crippen LogP contribution in [0, 0.1) is 13.8 Å². The van der Waals surface area contributed by atoms with E-state index in [1.54, 1.807) is 20.8 Å². The molecule has 35 heavy (non-hydrogen) atoms. The van der Waals surface area contributed by atoms with E-state index in [1.165, 1.54) is 4.90 Å². The van der Waals surface area contributed by atoms with Crippen molar-refractivity contribution in [3.05, 3.63) is 65.2 Å². The predicted octanol–water partition coefficient (Wildman–Crippen LogP) is 4.76. The lowest BCUT2D eigenvalue weighted by molar-refractivity contribution is -0.129. The Balaban J connectivity index is 1.73. The van der Waals surface area contributed by atoms with Gasteiger partial charge in [-0.3, -0.25) is 14.5 Å². The molecule has 0 unspecified atom stereocenters. The first-order valence-corrected chi connectivity index (χ1v) is 12.3. The molecule has 2 atom stereocenters. The van der Waals surface area contributed by atoms with Crippen LogP contribution in [0.1, 0.15) is 56.7 Å². The summed E-state index contributed by atoms with van der Waals surface area (Å²) in [5.41, 5.74) is 3.34. The largest absolute Gasteiger partial charge is 0.444 e. The number of likely N-dealkylation sites (tertiary alicyclic amines) is 1. The Morgan fingerprint density at radius 2 is 1.77 bits per heavy atom. The van der Waals surface area contributed by atoms with Crippen molar-refractivity contribution >= 4 is 23.6 Å². The minimum absolute atomic E-state index is 0.278. The Bertz CT molecular complexity index is 1050. The number of carbonyl (C=O) groups excluding carboxylic acids is 3. The Kier molecular flexibility index (Phi) is 8.54. The highest BCUT2D eigenvalue weighted by Gasteiger charge is 2.38. The van der Waals surface area contributed by atoms with Gasteiger partial charge in [0.2, 0.25) is 11.8 Å². The van der Waals surface area contributed by atoms with E-state index in [1.807, 2.05) is 62.4 Å². The van der Waals surface area contributed by atoms with Gasteiger partial charge in [-0.1, -0.05) is 36.4 Å². The van der Waals surface area contributed by atoms with Crippen molar-refractivity contribution in [2.24, 2.45) is 0 Å². The van der Waals surface area contributed by atoms with Gasteiger partial charge in [0.05, 0.1) is 0 Å². The topological polar surface area (TPSA) is 87.7 Å². The summed E-state index contributed by atoms with van der Waals surface area (Å²) in [4.78, 5) is 40.6.